The van der Waals surface area contributed by atoms with E-state index < -0.39 is 6.04 Å². The molecule has 1 aromatic heterocycles. The average Bonchev–Trinajstić information content (AvgIpc) is 3.43. The summed E-state index contributed by atoms with van der Waals surface area (Å²) in [5.74, 6) is -0.0916. The number of amides is 2. The number of halogens is 1. The molecule has 3 N–H and O–H groups in total. The summed E-state index contributed by atoms with van der Waals surface area (Å²) < 4.78 is 8.16. The number of benzene rings is 3. The first-order chi connectivity index (χ1) is 19.9. The van der Waals surface area contributed by atoms with E-state index >= 15 is 0 Å². The van der Waals surface area contributed by atoms with Crippen molar-refractivity contribution >= 4 is 23.4 Å². The molecule has 212 valence electrons. The van der Waals surface area contributed by atoms with Crippen LogP contribution in [0.3, 0.4) is 0 Å². The van der Waals surface area contributed by atoms with Gasteiger partial charge in [0.25, 0.3) is 5.91 Å². The normalized spacial score (nSPS) is 15.0. The summed E-state index contributed by atoms with van der Waals surface area (Å²) in [5.41, 5.74) is 5.74. The molecule has 0 spiro atoms. The van der Waals surface area contributed by atoms with Gasteiger partial charge in [-0.2, -0.15) is 0 Å². The van der Waals surface area contributed by atoms with Crippen LogP contribution in [0.5, 0.6) is 5.75 Å². The predicted octanol–water partition coefficient (Wildman–Crippen LogP) is 4.59. The van der Waals surface area contributed by atoms with Gasteiger partial charge in [0, 0.05) is 55.8 Å². The van der Waals surface area contributed by atoms with Crippen molar-refractivity contribution in [2.24, 2.45) is 0 Å². The highest BCUT2D eigenvalue weighted by molar-refractivity contribution is 6.30. The molecule has 1 aliphatic rings. The van der Waals surface area contributed by atoms with Crippen molar-refractivity contribution < 1.29 is 14.3 Å². The van der Waals surface area contributed by atoms with Gasteiger partial charge in [0.2, 0.25) is 5.91 Å². The summed E-state index contributed by atoms with van der Waals surface area (Å²) in [6, 6.07) is 20.6. The number of para-hydroxylation sites is 1. The predicted molar refractivity (Wildman–Crippen MR) is 159 cm³/mol. The van der Waals surface area contributed by atoms with Gasteiger partial charge in [-0.25, -0.2) is 4.98 Å². The Morgan fingerprint density at radius 2 is 1.83 bits per heavy atom. The number of imidazole rings is 1. The zero-order valence-electron chi connectivity index (χ0n) is 23.2. The monoisotopic (exact) mass is 571 g/mol. The van der Waals surface area contributed by atoms with Crippen LogP contribution in [0.25, 0.3) is 0 Å². The number of hydrogen-bond donors (Lipinski definition) is 3. The molecule has 0 radical (unpaired) electrons. The van der Waals surface area contributed by atoms with Gasteiger partial charge in [-0.15, -0.1) is 0 Å². The summed E-state index contributed by atoms with van der Waals surface area (Å²) in [6.07, 6.45) is 4.83. The Hall–Kier alpha value is -4.14. The minimum atomic E-state index is -0.754. The number of nitrogens with zero attached hydrogens (tertiary/aromatic N) is 2. The summed E-state index contributed by atoms with van der Waals surface area (Å²) in [6.45, 7) is 3.92. The number of fused-ring (bicyclic) bond motifs is 1. The molecule has 1 aliphatic heterocycles. The van der Waals surface area contributed by atoms with Crippen LogP contribution in [0.4, 0.5) is 0 Å². The third kappa shape index (κ3) is 6.96. The van der Waals surface area contributed by atoms with Crippen molar-refractivity contribution in [2.75, 3.05) is 13.7 Å². The lowest BCUT2D eigenvalue weighted by Gasteiger charge is -2.28. The fourth-order valence-corrected chi connectivity index (χ4v) is 5.17. The highest BCUT2D eigenvalue weighted by Gasteiger charge is 2.28. The summed E-state index contributed by atoms with van der Waals surface area (Å²) >= 11 is 6.01. The topological polar surface area (TPSA) is 97.3 Å². The fraction of sp³-hybridized carbons (Fsp3) is 0.281. The molecule has 41 heavy (non-hydrogen) atoms. The van der Waals surface area contributed by atoms with Crippen molar-refractivity contribution in [3.63, 3.8) is 0 Å². The second-order valence-corrected chi connectivity index (χ2v) is 10.7. The quantitative estimate of drug-likeness (QED) is 0.259. The second-order valence-electron chi connectivity index (χ2n) is 10.3. The Kier molecular flexibility index (Phi) is 9.01. The van der Waals surface area contributed by atoms with Crippen LogP contribution in [-0.4, -0.2) is 41.1 Å². The second kappa shape index (κ2) is 13.0. The molecule has 4 aromatic rings. The number of rotatable bonds is 10. The molecule has 2 amide bonds. The van der Waals surface area contributed by atoms with Crippen LogP contribution in [0.1, 0.15) is 50.8 Å². The number of carbonyl (C=O) groups excluding carboxylic acids is 2. The average molecular weight is 572 g/mol. The van der Waals surface area contributed by atoms with Gasteiger partial charge < -0.3 is 25.3 Å². The fourth-order valence-electron chi connectivity index (χ4n) is 5.05. The van der Waals surface area contributed by atoms with Crippen LogP contribution in [0.15, 0.2) is 79.3 Å². The molecule has 2 atom stereocenters. The molecule has 8 nitrogen and oxygen atoms in total. The van der Waals surface area contributed by atoms with E-state index in [4.69, 9.17) is 16.3 Å². The third-order valence-corrected chi connectivity index (χ3v) is 7.59. The van der Waals surface area contributed by atoms with E-state index in [0.717, 1.165) is 29.8 Å². The highest BCUT2D eigenvalue weighted by atomic mass is 35.5. The van der Waals surface area contributed by atoms with E-state index in [2.05, 4.69) is 56.7 Å². The van der Waals surface area contributed by atoms with Gasteiger partial charge in [-0.3, -0.25) is 9.59 Å². The Morgan fingerprint density at radius 3 is 2.59 bits per heavy atom. The summed E-state index contributed by atoms with van der Waals surface area (Å²) in [4.78, 5) is 30.5. The largest absolute Gasteiger partial charge is 0.492 e. The lowest BCUT2D eigenvalue weighted by molar-refractivity contribution is -0.122. The van der Waals surface area contributed by atoms with Gasteiger partial charge in [-0.05, 0) is 36.2 Å². The molecule has 9 heteroatoms. The van der Waals surface area contributed by atoms with Gasteiger partial charge in [-0.1, -0.05) is 65.7 Å². The van der Waals surface area contributed by atoms with Crippen LogP contribution in [-0.2, 0) is 24.3 Å². The number of aryl methyl sites for hydroxylation is 1. The van der Waals surface area contributed by atoms with Crippen LogP contribution in [0, 0.1) is 6.92 Å². The van der Waals surface area contributed by atoms with Crippen LogP contribution >= 0.6 is 11.6 Å². The highest BCUT2D eigenvalue weighted by Crippen LogP contribution is 2.35. The summed E-state index contributed by atoms with van der Waals surface area (Å²) in [7, 11) is 1.56. The molecule has 0 saturated carbocycles. The molecule has 5 rings (SSSR count). The van der Waals surface area contributed by atoms with Crippen molar-refractivity contribution in [1.82, 2.24) is 25.5 Å². The number of carbonyl (C=O) groups is 2. The van der Waals surface area contributed by atoms with E-state index in [9.17, 15) is 9.59 Å². The zero-order valence-corrected chi connectivity index (χ0v) is 23.9. The number of ether oxygens (including phenoxy) is 1. The smallest absolute Gasteiger partial charge is 0.255 e. The Morgan fingerprint density at radius 1 is 1.07 bits per heavy atom. The number of likely N-dealkylation sites (N-methyl/N-ethyl adjacent to an activating group) is 1. The Labute approximate surface area is 245 Å². The summed E-state index contributed by atoms with van der Waals surface area (Å²) in [5, 5.41) is 9.80. The standard InChI is InChI=1S/C32H34ClN5O3/c1-21-6-8-23(9-7-21)19-38-20-35-17-25(38)18-36-28-14-15-41-30-26(28)4-3-5-27(30)31(39)37-29(32(40)34-2)16-22-10-12-24(33)13-11-22/h3-13,17,20,28-29,36H,14-16,18-19H2,1-2H3,(H,34,40)(H,37,39)/t28?,29-/m0/s1. The van der Waals surface area contributed by atoms with Gasteiger partial charge >= 0.3 is 0 Å². The van der Waals surface area contributed by atoms with Crippen molar-refractivity contribution in [3.05, 3.63) is 118 Å². The van der Waals surface area contributed by atoms with E-state index in [1.165, 1.54) is 11.1 Å². The first kappa shape index (κ1) is 28.4. The lowest BCUT2D eigenvalue weighted by Crippen LogP contribution is -2.47. The van der Waals surface area contributed by atoms with Crippen molar-refractivity contribution in [2.45, 2.75) is 44.9 Å². The molecule has 0 fully saturated rings. The molecular weight excluding hydrogens is 538 g/mol. The molecule has 1 unspecified atom stereocenters. The molecule has 0 saturated heterocycles. The van der Waals surface area contributed by atoms with E-state index in [1.54, 1.807) is 25.2 Å². The minimum Gasteiger partial charge on any atom is -0.492 e. The van der Waals surface area contributed by atoms with E-state index in [1.807, 2.05) is 36.8 Å². The Bertz CT molecular complexity index is 1500. The van der Waals surface area contributed by atoms with Gasteiger partial charge in [0.05, 0.1) is 24.2 Å². The SMILES string of the molecule is CNC(=O)[C@H](Cc1ccc(Cl)cc1)NC(=O)c1cccc2c1OCCC2NCc1cncn1Cc1ccc(C)cc1. The molecule has 2 heterocycles. The number of aromatic nitrogens is 2. The first-order valence-corrected chi connectivity index (χ1v) is 14.1. The van der Waals surface area contributed by atoms with E-state index in [-0.39, 0.29) is 17.9 Å². The maximum absolute atomic E-state index is 13.5. The maximum Gasteiger partial charge on any atom is 0.255 e. The van der Waals surface area contributed by atoms with Crippen molar-refractivity contribution in [3.8, 4) is 5.75 Å². The minimum absolute atomic E-state index is 0.00182. The molecule has 3 aromatic carbocycles. The third-order valence-electron chi connectivity index (χ3n) is 7.34. The molecule has 0 aliphatic carbocycles. The van der Waals surface area contributed by atoms with Crippen LogP contribution < -0.4 is 20.7 Å². The molecule has 0 bridgehead atoms. The Balaban J connectivity index is 1.28. The van der Waals surface area contributed by atoms with Crippen LogP contribution in [0.2, 0.25) is 5.02 Å². The van der Waals surface area contributed by atoms with Gasteiger partial charge in [0.1, 0.15) is 11.8 Å². The van der Waals surface area contributed by atoms with Gasteiger partial charge in [0.15, 0.2) is 0 Å². The maximum atomic E-state index is 13.5. The zero-order chi connectivity index (χ0) is 28.8. The van der Waals surface area contributed by atoms with E-state index in [0.29, 0.717) is 35.9 Å². The lowest BCUT2D eigenvalue weighted by atomic mass is 9.96. The van der Waals surface area contributed by atoms with Crippen molar-refractivity contribution in [1.29, 1.82) is 0 Å². The number of nitrogens with one attached hydrogen (secondary N) is 3. The first-order valence-electron chi connectivity index (χ1n) is 13.7. The number of hydrogen-bond acceptors (Lipinski definition) is 5. The molecular formula is C32H34ClN5O3.